The fourth-order valence-corrected chi connectivity index (χ4v) is 1.26. The molecule has 2 heterocycles. The van der Waals surface area contributed by atoms with Gasteiger partial charge in [0.25, 0.3) is 0 Å². The summed E-state index contributed by atoms with van der Waals surface area (Å²) < 4.78 is 1.35. The van der Waals surface area contributed by atoms with Gasteiger partial charge < -0.3 is 5.11 Å². The molecule has 0 spiro atoms. The van der Waals surface area contributed by atoms with E-state index in [-0.39, 0.29) is 5.88 Å². The highest BCUT2D eigenvalue weighted by molar-refractivity contribution is 6.30. The first-order valence-electron chi connectivity index (χ1n) is 4.04. The van der Waals surface area contributed by atoms with Gasteiger partial charge in [0.05, 0.1) is 10.7 Å². The number of pyridine rings is 1. The molecule has 2 rings (SSSR count). The van der Waals surface area contributed by atoms with Crippen molar-refractivity contribution in [1.29, 1.82) is 0 Å². The molecule has 2 aromatic rings. The lowest BCUT2D eigenvalue weighted by molar-refractivity contribution is 0.432. The Morgan fingerprint density at radius 1 is 1.43 bits per heavy atom. The normalized spacial score (nSPS) is 10.4. The molecule has 14 heavy (non-hydrogen) atoms. The number of aryl methyl sites for hydroxylation is 1. The van der Waals surface area contributed by atoms with Gasteiger partial charge in [-0.1, -0.05) is 11.6 Å². The second kappa shape index (κ2) is 3.31. The Morgan fingerprint density at radius 2 is 2.21 bits per heavy atom. The molecule has 0 aromatic carbocycles. The van der Waals surface area contributed by atoms with Crippen molar-refractivity contribution in [2.45, 2.75) is 6.92 Å². The Morgan fingerprint density at radius 3 is 2.71 bits per heavy atom. The van der Waals surface area contributed by atoms with E-state index in [1.165, 1.54) is 10.9 Å². The lowest BCUT2D eigenvalue weighted by atomic mass is 10.4. The van der Waals surface area contributed by atoms with Crippen molar-refractivity contribution in [3.8, 4) is 11.7 Å². The lowest BCUT2D eigenvalue weighted by Crippen LogP contribution is -1.98. The zero-order valence-corrected chi connectivity index (χ0v) is 8.23. The zero-order valence-electron chi connectivity index (χ0n) is 7.48. The molecule has 0 aliphatic heterocycles. The first-order chi connectivity index (χ1) is 6.66. The number of halogens is 1. The predicted octanol–water partition coefficient (Wildman–Crippen LogP) is 1.93. The second-order valence-electron chi connectivity index (χ2n) is 2.89. The van der Waals surface area contributed by atoms with Crippen molar-refractivity contribution in [2.75, 3.05) is 0 Å². The maximum absolute atomic E-state index is 9.48. The quantitative estimate of drug-likeness (QED) is 0.781. The van der Waals surface area contributed by atoms with E-state index in [1.54, 1.807) is 25.1 Å². The summed E-state index contributed by atoms with van der Waals surface area (Å²) in [5.74, 6) is 0.609. The minimum absolute atomic E-state index is 0.0670. The summed E-state index contributed by atoms with van der Waals surface area (Å²) in [5, 5.41) is 14.1. The van der Waals surface area contributed by atoms with Gasteiger partial charge in [-0.2, -0.15) is 9.78 Å². The van der Waals surface area contributed by atoms with E-state index in [4.69, 9.17) is 11.6 Å². The number of hydrogen-bond donors (Lipinski definition) is 1. The van der Waals surface area contributed by atoms with Crippen LogP contribution < -0.4 is 0 Å². The standard InChI is InChI=1S/C9H8ClN3O/c1-6-4-9(14)13(12-6)8-3-2-7(10)5-11-8/h2-5,14H,1H3. The summed E-state index contributed by atoms with van der Waals surface area (Å²) >= 11 is 5.69. The fourth-order valence-electron chi connectivity index (χ4n) is 1.15. The van der Waals surface area contributed by atoms with Crippen molar-refractivity contribution in [3.05, 3.63) is 35.1 Å². The topological polar surface area (TPSA) is 50.9 Å². The first-order valence-corrected chi connectivity index (χ1v) is 4.42. The van der Waals surface area contributed by atoms with E-state index in [9.17, 15) is 5.11 Å². The van der Waals surface area contributed by atoms with Gasteiger partial charge in [-0.05, 0) is 19.1 Å². The van der Waals surface area contributed by atoms with Gasteiger partial charge >= 0.3 is 0 Å². The number of rotatable bonds is 1. The molecule has 72 valence electrons. The molecule has 0 saturated heterocycles. The van der Waals surface area contributed by atoms with Crippen molar-refractivity contribution in [3.63, 3.8) is 0 Å². The van der Waals surface area contributed by atoms with Gasteiger partial charge in [-0.3, -0.25) is 0 Å². The van der Waals surface area contributed by atoms with Crippen LogP contribution in [0.4, 0.5) is 0 Å². The largest absolute Gasteiger partial charge is 0.493 e. The average Bonchev–Trinajstić information content (AvgIpc) is 2.47. The van der Waals surface area contributed by atoms with Crippen LogP contribution in [0.5, 0.6) is 5.88 Å². The van der Waals surface area contributed by atoms with Crippen molar-refractivity contribution < 1.29 is 5.11 Å². The Bertz CT molecular complexity index is 450. The zero-order chi connectivity index (χ0) is 10.1. The molecule has 0 amide bonds. The summed E-state index contributed by atoms with van der Waals surface area (Å²) in [5.41, 5.74) is 0.735. The van der Waals surface area contributed by atoms with Crippen LogP contribution >= 0.6 is 11.6 Å². The molecule has 0 aliphatic carbocycles. The highest BCUT2D eigenvalue weighted by Crippen LogP contribution is 2.16. The monoisotopic (exact) mass is 209 g/mol. The Kier molecular flexibility index (Phi) is 2.13. The van der Waals surface area contributed by atoms with Crippen LogP contribution in [0.2, 0.25) is 5.02 Å². The second-order valence-corrected chi connectivity index (χ2v) is 3.33. The van der Waals surface area contributed by atoms with Gasteiger partial charge in [-0.25, -0.2) is 4.98 Å². The van der Waals surface area contributed by atoms with Gasteiger partial charge in [0.15, 0.2) is 5.82 Å². The molecule has 0 radical (unpaired) electrons. The predicted molar refractivity (Wildman–Crippen MR) is 52.8 cm³/mol. The molecular weight excluding hydrogens is 202 g/mol. The minimum atomic E-state index is 0.0670. The molecule has 0 fully saturated rings. The number of aromatic hydroxyl groups is 1. The Hall–Kier alpha value is -1.55. The summed E-state index contributed by atoms with van der Waals surface area (Å²) in [4.78, 5) is 4.03. The summed E-state index contributed by atoms with van der Waals surface area (Å²) in [6.45, 7) is 1.80. The highest BCUT2D eigenvalue weighted by atomic mass is 35.5. The molecule has 0 aliphatic rings. The molecule has 5 heteroatoms. The van der Waals surface area contributed by atoms with Crippen molar-refractivity contribution in [1.82, 2.24) is 14.8 Å². The van der Waals surface area contributed by atoms with Crippen LogP contribution in [-0.4, -0.2) is 19.9 Å². The first kappa shape index (κ1) is 9.02. The van der Waals surface area contributed by atoms with Gasteiger partial charge in [0, 0.05) is 12.3 Å². The van der Waals surface area contributed by atoms with Crippen LogP contribution in [-0.2, 0) is 0 Å². The van der Waals surface area contributed by atoms with Crippen LogP contribution in [0.1, 0.15) is 5.69 Å². The fraction of sp³-hybridized carbons (Fsp3) is 0.111. The number of aromatic nitrogens is 3. The van der Waals surface area contributed by atoms with Crippen molar-refractivity contribution in [2.24, 2.45) is 0 Å². The molecule has 2 aromatic heterocycles. The molecule has 0 atom stereocenters. The Labute approximate surface area is 85.8 Å². The molecule has 0 bridgehead atoms. The highest BCUT2D eigenvalue weighted by Gasteiger charge is 2.06. The van der Waals surface area contributed by atoms with Crippen LogP contribution in [0.25, 0.3) is 5.82 Å². The maximum Gasteiger partial charge on any atom is 0.215 e. The van der Waals surface area contributed by atoms with Gasteiger partial charge in [0.1, 0.15) is 0 Å². The maximum atomic E-state index is 9.48. The molecule has 1 N–H and O–H groups in total. The molecule has 0 unspecified atom stereocenters. The third-order valence-electron chi connectivity index (χ3n) is 1.74. The molecule has 0 saturated carbocycles. The number of hydrogen-bond acceptors (Lipinski definition) is 3. The van der Waals surface area contributed by atoms with Crippen LogP contribution in [0.15, 0.2) is 24.4 Å². The van der Waals surface area contributed by atoms with Crippen LogP contribution in [0, 0.1) is 6.92 Å². The minimum Gasteiger partial charge on any atom is -0.493 e. The van der Waals surface area contributed by atoms with Gasteiger partial charge in [0.2, 0.25) is 5.88 Å². The Balaban J connectivity index is 2.49. The van der Waals surface area contributed by atoms with E-state index in [2.05, 4.69) is 10.1 Å². The summed E-state index contributed by atoms with van der Waals surface area (Å²) in [7, 11) is 0. The SMILES string of the molecule is Cc1cc(O)n(-c2ccc(Cl)cn2)n1. The third-order valence-corrected chi connectivity index (χ3v) is 1.97. The van der Waals surface area contributed by atoms with Crippen molar-refractivity contribution >= 4 is 11.6 Å². The summed E-state index contributed by atoms with van der Waals surface area (Å²) in [6, 6.07) is 4.95. The van der Waals surface area contributed by atoms with E-state index in [0.29, 0.717) is 10.8 Å². The number of nitrogens with zero attached hydrogens (tertiary/aromatic N) is 3. The molecular formula is C9H8ClN3O. The van der Waals surface area contributed by atoms with E-state index >= 15 is 0 Å². The lowest BCUT2D eigenvalue weighted by Gasteiger charge is -2.00. The smallest absolute Gasteiger partial charge is 0.215 e. The van der Waals surface area contributed by atoms with E-state index < -0.39 is 0 Å². The van der Waals surface area contributed by atoms with E-state index in [0.717, 1.165) is 5.69 Å². The average molecular weight is 210 g/mol. The van der Waals surface area contributed by atoms with Crippen LogP contribution in [0.3, 0.4) is 0 Å². The van der Waals surface area contributed by atoms with Gasteiger partial charge in [-0.15, -0.1) is 0 Å². The van der Waals surface area contributed by atoms with E-state index in [1.807, 2.05) is 0 Å². The third kappa shape index (κ3) is 1.56. The summed E-state index contributed by atoms with van der Waals surface area (Å²) in [6.07, 6.45) is 1.51. The molecule has 4 nitrogen and oxygen atoms in total.